The Hall–Kier alpha value is -1.91. The molecule has 204 valence electrons. The molecule has 0 saturated heterocycles. The fourth-order valence-corrected chi connectivity index (χ4v) is 11.4. The number of carbonyl (C=O) groups is 1. The molecule has 0 spiro atoms. The van der Waals surface area contributed by atoms with Crippen molar-refractivity contribution in [2.24, 2.45) is 17.3 Å². The molecular formula is C33H50O3Si. The quantitative estimate of drug-likeness (QED) is 0.226. The second kappa shape index (κ2) is 12.8. The Morgan fingerprint density at radius 2 is 1.59 bits per heavy atom. The summed E-state index contributed by atoms with van der Waals surface area (Å²) in [6.45, 7) is 16.7. The van der Waals surface area contributed by atoms with Crippen LogP contribution >= 0.6 is 0 Å². The third kappa shape index (κ3) is 6.94. The summed E-state index contributed by atoms with van der Waals surface area (Å²) in [5.41, 5.74) is 0.234. The van der Waals surface area contributed by atoms with Crippen LogP contribution in [0.3, 0.4) is 0 Å². The molecule has 37 heavy (non-hydrogen) atoms. The Morgan fingerprint density at radius 3 is 2.11 bits per heavy atom. The molecule has 0 aromatic heterocycles. The first-order valence-electron chi connectivity index (χ1n) is 14.5. The first-order chi connectivity index (χ1) is 17.5. The normalized spacial score (nSPS) is 22.3. The topological polar surface area (TPSA) is 35.5 Å². The Kier molecular flexibility index (Phi) is 10.2. The predicted octanol–water partition coefficient (Wildman–Crippen LogP) is 7.52. The maximum absolute atomic E-state index is 11.8. The molecule has 0 unspecified atom stereocenters. The van der Waals surface area contributed by atoms with Gasteiger partial charge in [0.15, 0.2) is 0 Å². The SMILES string of the molecule is CCOC(=O)CCC[C@H](C)[C@@H](C)[C@@]1(C)CCC[C@H](O[Si](c2ccccc2)(c2ccccc2)C(C)(C)C)C1. The van der Waals surface area contributed by atoms with E-state index in [0.717, 1.165) is 25.7 Å². The highest BCUT2D eigenvalue weighted by atomic mass is 28.4. The van der Waals surface area contributed by atoms with Crippen LogP contribution in [0.5, 0.6) is 0 Å². The van der Waals surface area contributed by atoms with Crippen molar-refractivity contribution >= 4 is 24.7 Å². The highest BCUT2D eigenvalue weighted by molar-refractivity contribution is 6.99. The highest BCUT2D eigenvalue weighted by Gasteiger charge is 2.52. The molecule has 0 bridgehead atoms. The van der Waals surface area contributed by atoms with Gasteiger partial charge >= 0.3 is 5.97 Å². The van der Waals surface area contributed by atoms with Crippen molar-refractivity contribution in [1.29, 1.82) is 0 Å². The number of hydrogen-bond acceptors (Lipinski definition) is 3. The molecule has 4 heteroatoms. The average Bonchev–Trinajstić information content (AvgIpc) is 2.87. The lowest BCUT2D eigenvalue weighted by Crippen LogP contribution is -2.68. The van der Waals surface area contributed by atoms with Crippen LogP contribution in [0.25, 0.3) is 0 Å². The molecular weight excluding hydrogens is 472 g/mol. The van der Waals surface area contributed by atoms with Crippen molar-refractivity contribution in [2.45, 2.75) is 105 Å². The number of rotatable bonds is 11. The molecule has 1 aliphatic carbocycles. The Bertz CT molecular complexity index is 929. The van der Waals surface area contributed by atoms with Crippen LogP contribution in [0.2, 0.25) is 5.04 Å². The van der Waals surface area contributed by atoms with E-state index in [1.807, 2.05) is 6.92 Å². The van der Waals surface area contributed by atoms with Crippen molar-refractivity contribution in [3.05, 3.63) is 60.7 Å². The first kappa shape index (κ1) is 29.6. The third-order valence-corrected chi connectivity index (χ3v) is 14.1. The van der Waals surface area contributed by atoms with Crippen LogP contribution in [0.4, 0.5) is 0 Å². The maximum atomic E-state index is 11.8. The molecule has 0 aliphatic heterocycles. The van der Waals surface area contributed by atoms with E-state index in [1.165, 1.54) is 23.2 Å². The molecule has 1 aliphatic rings. The zero-order chi connectivity index (χ0) is 27.1. The Labute approximate surface area is 227 Å². The molecule has 2 aromatic carbocycles. The number of benzene rings is 2. The molecule has 2 aromatic rings. The maximum Gasteiger partial charge on any atom is 0.305 e. The highest BCUT2D eigenvalue weighted by Crippen LogP contribution is 2.48. The smallest absolute Gasteiger partial charge is 0.305 e. The van der Waals surface area contributed by atoms with Gasteiger partial charge in [0.2, 0.25) is 0 Å². The van der Waals surface area contributed by atoms with Gasteiger partial charge in [0.1, 0.15) is 0 Å². The lowest BCUT2D eigenvalue weighted by molar-refractivity contribution is -0.143. The molecule has 0 amide bonds. The van der Waals surface area contributed by atoms with Gasteiger partial charge in [-0.3, -0.25) is 4.79 Å². The number of esters is 1. The van der Waals surface area contributed by atoms with E-state index >= 15 is 0 Å². The van der Waals surface area contributed by atoms with Crippen LogP contribution < -0.4 is 10.4 Å². The third-order valence-electron chi connectivity index (χ3n) is 9.03. The number of hydrogen-bond donors (Lipinski definition) is 0. The molecule has 1 saturated carbocycles. The van der Waals surface area contributed by atoms with Gasteiger partial charge in [0.05, 0.1) is 6.61 Å². The minimum atomic E-state index is -2.55. The lowest BCUT2D eigenvalue weighted by atomic mass is 9.63. The van der Waals surface area contributed by atoms with Gasteiger partial charge in [-0.25, -0.2) is 0 Å². The molecule has 0 N–H and O–H groups in total. The van der Waals surface area contributed by atoms with E-state index < -0.39 is 8.32 Å². The Balaban J connectivity index is 1.83. The summed E-state index contributed by atoms with van der Waals surface area (Å²) in [6.07, 6.45) is 7.43. The molecule has 4 atom stereocenters. The van der Waals surface area contributed by atoms with Crippen LogP contribution in [0, 0.1) is 17.3 Å². The van der Waals surface area contributed by atoms with Gasteiger partial charge in [-0.05, 0) is 71.7 Å². The summed E-state index contributed by atoms with van der Waals surface area (Å²) < 4.78 is 12.7. The van der Waals surface area contributed by atoms with E-state index in [1.54, 1.807) is 0 Å². The van der Waals surface area contributed by atoms with Gasteiger partial charge in [0, 0.05) is 12.5 Å². The molecule has 0 heterocycles. The lowest BCUT2D eigenvalue weighted by Gasteiger charge is -2.50. The van der Waals surface area contributed by atoms with E-state index in [4.69, 9.17) is 9.16 Å². The summed E-state index contributed by atoms with van der Waals surface area (Å²) in [7, 11) is -2.55. The first-order valence-corrected chi connectivity index (χ1v) is 16.4. The van der Waals surface area contributed by atoms with Crippen LogP contribution in [0.15, 0.2) is 60.7 Å². The largest absolute Gasteiger partial charge is 0.466 e. The standard InChI is InChI=1S/C33H50O3Si/c1-8-35-31(34)23-15-17-26(2)27(3)33(7)24-16-18-28(25-33)36-37(32(4,5)6,29-19-11-9-12-20-29)30-21-13-10-14-22-30/h9-14,19-22,26-28H,8,15-18,23-25H2,1-7H3/t26-,27+,28-,33-/m0/s1. The monoisotopic (exact) mass is 522 g/mol. The average molecular weight is 523 g/mol. The van der Waals surface area contributed by atoms with E-state index in [-0.39, 0.29) is 22.5 Å². The van der Waals surface area contributed by atoms with Crippen LogP contribution in [-0.2, 0) is 14.0 Å². The summed E-state index contributed by atoms with van der Waals surface area (Å²) in [4.78, 5) is 11.8. The van der Waals surface area contributed by atoms with Crippen molar-refractivity contribution in [1.82, 2.24) is 0 Å². The van der Waals surface area contributed by atoms with Gasteiger partial charge in [-0.2, -0.15) is 0 Å². The second-order valence-electron chi connectivity index (χ2n) is 12.6. The van der Waals surface area contributed by atoms with Gasteiger partial charge in [-0.15, -0.1) is 0 Å². The zero-order valence-electron chi connectivity index (χ0n) is 24.4. The molecule has 3 nitrogen and oxygen atoms in total. The van der Waals surface area contributed by atoms with E-state index in [2.05, 4.69) is 102 Å². The van der Waals surface area contributed by atoms with E-state index in [0.29, 0.717) is 24.9 Å². The molecule has 3 rings (SSSR count). The summed E-state index contributed by atoms with van der Waals surface area (Å²) in [5.74, 6) is 1.07. The fraction of sp³-hybridized carbons (Fsp3) is 0.606. The van der Waals surface area contributed by atoms with Crippen molar-refractivity contribution < 1.29 is 14.0 Å². The fourth-order valence-electron chi connectivity index (χ4n) is 6.65. The number of carbonyl (C=O) groups excluding carboxylic acids is 1. The summed E-state index contributed by atoms with van der Waals surface area (Å²) in [5, 5.41) is 2.72. The van der Waals surface area contributed by atoms with Gasteiger partial charge in [0.25, 0.3) is 8.32 Å². The van der Waals surface area contributed by atoms with Crippen molar-refractivity contribution in [3.63, 3.8) is 0 Å². The van der Waals surface area contributed by atoms with Crippen LogP contribution in [-0.4, -0.2) is 27.0 Å². The second-order valence-corrected chi connectivity index (χ2v) is 16.9. The van der Waals surface area contributed by atoms with Gasteiger partial charge < -0.3 is 9.16 Å². The van der Waals surface area contributed by atoms with Crippen molar-refractivity contribution in [2.75, 3.05) is 6.61 Å². The predicted molar refractivity (Wildman–Crippen MR) is 158 cm³/mol. The minimum absolute atomic E-state index is 0.00440. The van der Waals surface area contributed by atoms with Gasteiger partial charge in [-0.1, -0.05) is 109 Å². The van der Waals surface area contributed by atoms with E-state index in [9.17, 15) is 4.79 Å². The Morgan fingerprint density at radius 1 is 1.03 bits per heavy atom. The van der Waals surface area contributed by atoms with Crippen LogP contribution in [0.1, 0.15) is 93.4 Å². The van der Waals surface area contributed by atoms with Crippen molar-refractivity contribution in [3.8, 4) is 0 Å². The summed E-state index contributed by atoms with van der Waals surface area (Å²) in [6, 6.07) is 22.1. The summed E-state index contributed by atoms with van der Waals surface area (Å²) >= 11 is 0. The zero-order valence-corrected chi connectivity index (χ0v) is 25.4. The molecule has 1 fully saturated rings. The molecule has 0 radical (unpaired) electrons. The number of ether oxygens (including phenoxy) is 1. The minimum Gasteiger partial charge on any atom is -0.466 e.